The van der Waals surface area contributed by atoms with Crippen molar-refractivity contribution in [2.75, 3.05) is 18.1 Å². The fourth-order valence-corrected chi connectivity index (χ4v) is 4.72. The predicted molar refractivity (Wildman–Crippen MR) is 140 cm³/mol. The number of halogens is 1. The van der Waals surface area contributed by atoms with E-state index < -0.39 is 0 Å². The predicted octanol–water partition coefficient (Wildman–Crippen LogP) is 6.90. The summed E-state index contributed by atoms with van der Waals surface area (Å²) >= 11 is 12.8. The minimum Gasteiger partial charge on any atom is -0.493 e. The van der Waals surface area contributed by atoms with Crippen LogP contribution in [0.4, 0.5) is 5.69 Å². The summed E-state index contributed by atoms with van der Waals surface area (Å²) in [6.07, 6.45) is 2.56. The third-order valence-corrected chi connectivity index (χ3v) is 6.44. The van der Waals surface area contributed by atoms with Crippen LogP contribution in [0.3, 0.4) is 0 Å². The SMILES string of the molecule is Cc1ccc(OCCCOc2ccccc2/C=C2\SC(=S)N(c3cccc(Cl)c3)C2=O)cc1. The number of ether oxygens (including phenoxy) is 2. The lowest BCUT2D eigenvalue weighted by Gasteiger charge is -2.14. The van der Waals surface area contributed by atoms with Gasteiger partial charge in [0.2, 0.25) is 0 Å². The monoisotopic (exact) mass is 495 g/mol. The molecule has 0 aliphatic carbocycles. The van der Waals surface area contributed by atoms with Crippen molar-refractivity contribution in [2.45, 2.75) is 13.3 Å². The molecule has 0 aromatic heterocycles. The maximum atomic E-state index is 13.0. The topological polar surface area (TPSA) is 38.8 Å². The van der Waals surface area contributed by atoms with Crippen molar-refractivity contribution in [1.29, 1.82) is 0 Å². The third kappa shape index (κ3) is 5.96. The maximum Gasteiger partial charge on any atom is 0.270 e. The van der Waals surface area contributed by atoms with Gasteiger partial charge in [0.1, 0.15) is 11.5 Å². The zero-order valence-corrected chi connectivity index (χ0v) is 20.4. The summed E-state index contributed by atoms with van der Waals surface area (Å²) in [4.78, 5) is 15.1. The molecule has 1 amide bonds. The van der Waals surface area contributed by atoms with Crippen LogP contribution in [0.5, 0.6) is 11.5 Å². The Labute approximate surface area is 208 Å². The van der Waals surface area contributed by atoms with Crippen LogP contribution in [0.25, 0.3) is 6.08 Å². The molecule has 1 heterocycles. The van der Waals surface area contributed by atoms with Crippen LogP contribution < -0.4 is 14.4 Å². The van der Waals surface area contributed by atoms with E-state index in [-0.39, 0.29) is 5.91 Å². The molecular weight excluding hydrogens is 474 g/mol. The van der Waals surface area contributed by atoms with Gasteiger partial charge in [-0.3, -0.25) is 9.69 Å². The average molecular weight is 496 g/mol. The normalized spacial score (nSPS) is 14.7. The lowest BCUT2D eigenvalue weighted by atomic mass is 10.2. The Morgan fingerprint density at radius 1 is 1.00 bits per heavy atom. The molecule has 0 atom stereocenters. The van der Waals surface area contributed by atoms with Gasteiger partial charge >= 0.3 is 0 Å². The number of hydrogen-bond donors (Lipinski definition) is 0. The Hall–Kier alpha value is -2.80. The zero-order chi connectivity index (χ0) is 23.2. The highest BCUT2D eigenvalue weighted by Gasteiger charge is 2.33. The Bertz CT molecular complexity index is 1190. The molecule has 1 aliphatic heterocycles. The molecule has 4 rings (SSSR count). The number of para-hydroxylation sites is 1. The molecule has 7 heteroatoms. The van der Waals surface area contributed by atoms with Gasteiger partial charge in [0.05, 0.1) is 23.8 Å². The van der Waals surface area contributed by atoms with E-state index in [1.165, 1.54) is 22.2 Å². The largest absolute Gasteiger partial charge is 0.493 e. The van der Waals surface area contributed by atoms with Crippen molar-refractivity contribution >= 4 is 57.6 Å². The molecular formula is C26H22ClNO3S2. The molecule has 3 aromatic rings. The van der Waals surface area contributed by atoms with Gasteiger partial charge < -0.3 is 9.47 Å². The number of hydrogen-bond acceptors (Lipinski definition) is 5. The Morgan fingerprint density at radius 3 is 2.55 bits per heavy atom. The summed E-state index contributed by atoms with van der Waals surface area (Å²) < 4.78 is 12.2. The number of thioether (sulfide) groups is 1. The summed E-state index contributed by atoms with van der Waals surface area (Å²) in [6, 6.07) is 22.7. The van der Waals surface area contributed by atoms with Gasteiger partial charge in [-0.15, -0.1) is 0 Å². The second-order valence-corrected chi connectivity index (χ2v) is 9.51. The number of amides is 1. The fraction of sp³-hybridized carbons (Fsp3) is 0.154. The van der Waals surface area contributed by atoms with Crippen molar-refractivity contribution < 1.29 is 14.3 Å². The zero-order valence-electron chi connectivity index (χ0n) is 18.0. The molecule has 1 saturated heterocycles. The van der Waals surface area contributed by atoms with E-state index in [1.807, 2.05) is 67.6 Å². The quantitative estimate of drug-likeness (QED) is 0.193. The number of aryl methyl sites for hydroxylation is 1. The molecule has 0 radical (unpaired) electrons. The maximum absolute atomic E-state index is 13.0. The van der Waals surface area contributed by atoms with E-state index >= 15 is 0 Å². The van der Waals surface area contributed by atoms with Crippen LogP contribution in [0.2, 0.25) is 5.02 Å². The van der Waals surface area contributed by atoms with Gasteiger partial charge in [0, 0.05) is 17.0 Å². The van der Waals surface area contributed by atoms with E-state index in [9.17, 15) is 4.79 Å². The highest BCUT2D eigenvalue weighted by molar-refractivity contribution is 8.27. The molecule has 168 valence electrons. The Morgan fingerprint density at radius 2 is 1.76 bits per heavy atom. The fourth-order valence-electron chi connectivity index (χ4n) is 3.24. The highest BCUT2D eigenvalue weighted by Crippen LogP contribution is 2.37. The average Bonchev–Trinajstić information content (AvgIpc) is 3.08. The van der Waals surface area contributed by atoms with Crippen LogP contribution in [-0.2, 0) is 4.79 Å². The van der Waals surface area contributed by atoms with Crippen LogP contribution >= 0.6 is 35.6 Å². The number of rotatable bonds is 8. The van der Waals surface area contributed by atoms with E-state index in [4.69, 9.17) is 33.3 Å². The van der Waals surface area contributed by atoms with Crippen LogP contribution in [0, 0.1) is 6.92 Å². The number of carbonyl (C=O) groups is 1. The summed E-state index contributed by atoms with van der Waals surface area (Å²) in [5, 5.41) is 0.552. The van der Waals surface area contributed by atoms with Crippen LogP contribution in [-0.4, -0.2) is 23.4 Å². The van der Waals surface area contributed by atoms with E-state index in [1.54, 1.807) is 18.2 Å². The number of anilines is 1. The highest BCUT2D eigenvalue weighted by atomic mass is 35.5. The van der Waals surface area contributed by atoms with Crippen molar-refractivity contribution in [3.8, 4) is 11.5 Å². The first-order valence-electron chi connectivity index (χ1n) is 10.5. The summed E-state index contributed by atoms with van der Waals surface area (Å²) in [7, 11) is 0. The van der Waals surface area contributed by atoms with Gasteiger partial charge in [-0.2, -0.15) is 0 Å². The molecule has 4 nitrogen and oxygen atoms in total. The van der Waals surface area contributed by atoms with E-state index in [2.05, 4.69) is 0 Å². The second kappa shape index (κ2) is 10.9. The minimum atomic E-state index is -0.173. The Kier molecular flexibility index (Phi) is 7.70. The molecule has 0 unspecified atom stereocenters. The lowest BCUT2D eigenvalue weighted by Crippen LogP contribution is -2.27. The van der Waals surface area contributed by atoms with E-state index in [0.29, 0.717) is 38.9 Å². The molecule has 1 aliphatic rings. The molecule has 1 fully saturated rings. The van der Waals surface area contributed by atoms with Gasteiger partial charge in [0.25, 0.3) is 5.91 Å². The number of benzene rings is 3. The summed E-state index contributed by atoms with van der Waals surface area (Å²) in [5.41, 5.74) is 2.68. The Balaban J connectivity index is 1.39. The van der Waals surface area contributed by atoms with Gasteiger partial charge in [-0.25, -0.2) is 0 Å². The summed E-state index contributed by atoms with van der Waals surface area (Å²) in [5.74, 6) is 1.39. The second-order valence-electron chi connectivity index (χ2n) is 7.40. The molecule has 0 spiro atoms. The minimum absolute atomic E-state index is 0.173. The van der Waals surface area contributed by atoms with Crippen molar-refractivity contribution in [1.82, 2.24) is 0 Å². The first kappa shape index (κ1) is 23.4. The number of thiocarbonyl (C=S) groups is 1. The summed E-state index contributed by atoms with van der Waals surface area (Å²) in [6.45, 7) is 3.11. The molecule has 33 heavy (non-hydrogen) atoms. The van der Waals surface area contributed by atoms with Gasteiger partial charge in [-0.05, 0) is 49.4 Å². The lowest BCUT2D eigenvalue weighted by molar-refractivity contribution is -0.113. The standard InChI is InChI=1S/C26H22ClNO3S2/c1-18-10-12-22(13-11-18)30-14-5-15-31-23-9-3-2-6-19(23)16-24-25(29)28(26(32)33-24)21-8-4-7-20(27)17-21/h2-4,6-13,16-17H,5,14-15H2,1H3/b24-16-. The van der Waals surface area contributed by atoms with Crippen LogP contribution in [0.1, 0.15) is 17.5 Å². The third-order valence-electron chi connectivity index (χ3n) is 4.90. The molecule has 0 N–H and O–H groups in total. The number of carbonyl (C=O) groups excluding carboxylic acids is 1. The number of nitrogens with zero attached hydrogens (tertiary/aromatic N) is 1. The smallest absolute Gasteiger partial charge is 0.270 e. The van der Waals surface area contributed by atoms with Crippen LogP contribution in [0.15, 0.2) is 77.7 Å². The molecule has 3 aromatic carbocycles. The van der Waals surface area contributed by atoms with Crippen molar-refractivity contribution in [2.24, 2.45) is 0 Å². The first-order valence-corrected chi connectivity index (χ1v) is 12.1. The van der Waals surface area contributed by atoms with Gasteiger partial charge in [0.15, 0.2) is 4.32 Å². The first-order chi connectivity index (χ1) is 16.0. The molecule has 0 saturated carbocycles. The van der Waals surface area contributed by atoms with Gasteiger partial charge in [-0.1, -0.05) is 77.5 Å². The van der Waals surface area contributed by atoms with Crippen molar-refractivity contribution in [3.63, 3.8) is 0 Å². The van der Waals surface area contributed by atoms with Crippen molar-refractivity contribution in [3.05, 3.63) is 93.9 Å². The van der Waals surface area contributed by atoms with E-state index in [0.717, 1.165) is 17.7 Å². The molecule has 0 bridgehead atoms.